The minimum absolute atomic E-state index is 1.23. The monoisotopic (exact) mass is 162 g/mol. The zero-order valence-electron chi connectivity index (χ0n) is 5.07. The predicted octanol–water partition coefficient (Wildman–Crippen LogP) is 0.257. The van der Waals surface area contributed by atoms with E-state index in [1.54, 1.807) is 0 Å². The van der Waals surface area contributed by atoms with Crippen molar-refractivity contribution in [2.45, 2.75) is 11.6 Å². The van der Waals surface area contributed by atoms with Gasteiger partial charge in [-0.05, 0) is 0 Å². The Labute approximate surface area is 54.6 Å². The van der Waals surface area contributed by atoms with Crippen LogP contribution in [0.4, 0.5) is 0 Å². The van der Waals surface area contributed by atoms with E-state index in [2.05, 4.69) is 35.8 Å². The summed E-state index contributed by atoms with van der Waals surface area (Å²) >= 11 is 2.21. The van der Waals surface area contributed by atoms with Crippen LogP contribution in [0.25, 0.3) is 0 Å². The summed E-state index contributed by atoms with van der Waals surface area (Å²) in [5.41, 5.74) is 0. The van der Waals surface area contributed by atoms with Gasteiger partial charge in [0.15, 0.2) is 0 Å². The molecule has 0 N–H and O–H groups in total. The van der Waals surface area contributed by atoms with Crippen LogP contribution in [0.15, 0.2) is 0 Å². The van der Waals surface area contributed by atoms with Crippen molar-refractivity contribution >= 4 is 16.9 Å². The summed E-state index contributed by atoms with van der Waals surface area (Å²) in [5.74, 6) is 0. The molecular weight excluding hydrogens is 149 g/mol. The maximum absolute atomic E-state index is 2.21. The Kier molecular flexibility index (Phi) is 5.02. The normalized spacial score (nSPS) is 10.3. The molecule has 2 heteroatoms. The standard InChI is InChI=1S/C5H13AsN/c1-7(2)5-3-4-6/h6H,3-5H2,1-2H3. The third-order valence-electron chi connectivity index (χ3n) is 0.782. The van der Waals surface area contributed by atoms with Gasteiger partial charge in [-0.1, -0.05) is 0 Å². The summed E-state index contributed by atoms with van der Waals surface area (Å²) < 4.78 is 0. The Morgan fingerprint density at radius 1 is 1.43 bits per heavy atom. The van der Waals surface area contributed by atoms with Crippen molar-refractivity contribution in [3.8, 4) is 0 Å². The fourth-order valence-corrected chi connectivity index (χ4v) is 0.727. The van der Waals surface area contributed by atoms with Crippen molar-refractivity contribution < 1.29 is 0 Å². The fourth-order valence-electron chi connectivity index (χ4n) is 0.395. The molecule has 7 heavy (non-hydrogen) atoms. The number of nitrogens with zero attached hydrogens (tertiary/aromatic N) is 1. The molecule has 0 aromatic rings. The van der Waals surface area contributed by atoms with Crippen LogP contribution >= 0.6 is 0 Å². The molecular formula is C5H13AsN. The van der Waals surface area contributed by atoms with Crippen molar-refractivity contribution in [3.63, 3.8) is 0 Å². The second-order valence-corrected chi connectivity index (χ2v) is 2.96. The summed E-state index contributed by atoms with van der Waals surface area (Å²) in [4.78, 5) is 2.21. The first-order chi connectivity index (χ1) is 3.27. The van der Waals surface area contributed by atoms with Crippen molar-refractivity contribution in [2.75, 3.05) is 20.6 Å². The van der Waals surface area contributed by atoms with E-state index in [0.717, 1.165) is 0 Å². The molecule has 0 heterocycles. The summed E-state index contributed by atoms with van der Waals surface area (Å²) in [5, 5.41) is 1.30. The second kappa shape index (κ2) is 4.67. The van der Waals surface area contributed by atoms with Crippen LogP contribution < -0.4 is 0 Å². The number of hydrogen-bond acceptors (Lipinski definition) is 1. The molecule has 0 unspecified atom stereocenters. The molecule has 0 saturated heterocycles. The second-order valence-electron chi connectivity index (χ2n) is 1.91. The van der Waals surface area contributed by atoms with Crippen molar-refractivity contribution in [3.05, 3.63) is 0 Å². The van der Waals surface area contributed by atoms with Gasteiger partial charge in [0.1, 0.15) is 0 Å². The molecule has 0 rings (SSSR count). The minimum atomic E-state index is 1.23. The van der Waals surface area contributed by atoms with E-state index in [4.69, 9.17) is 0 Å². The van der Waals surface area contributed by atoms with Gasteiger partial charge in [-0.3, -0.25) is 0 Å². The van der Waals surface area contributed by atoms with Crippen LogP contribution in [0, 0.1) is 0 Å². The van der Waals surface area contributed by atoms with Gasteiger partial charge in [-0.25, -0.2) is 0 Å². The molecule has 1 nitrogen and oxygen atoms in total. The quantitative estimate of drug-likeness (QED) is 0.538. The molecule has 1 radical (unpaired) electrons. The molecule has 0 spiro atoms. The average Bonchev–Trinajstić information content (AvgIpc) is 1.61. The van der Waals surface area contributed by atoms with Gasteiger partial charge in [-0.2, -0.15) is 0 Å². The zero-order chi connectivity index (χ0) is 5.70. The van der Waals surface area contributed by atoms with Crippen LogP contribution in [0.2, 0.25) is 5.21 Å². The molecule has 0 aromatic carbocycles. The Bertz CT molecular complexity index is 37.1. The first kappa shape index (κ1) is 7.52. The van der Waals surface area contributed by atoms with Crippen LogP contribution in [0.5, 0.6) is 0 Å². The molecule has 0 aliphatic rings. The third-order valence-corrected chi connectivity index (χ3v) is 1.52. The number of rotatable bonds is 3. The summed E-state index contributed by atoms with van der Waals surface area (Å²) in [6.07, 6.45) is 1.33. The van der Waals surface area contributed by atoms with E-state index in [9.17, 15) is 0 Å². The van der Waals surface area contributed by atoms with Gasteiger partial charge in [0.2, 0.25) is 0 Å². The van der Waals surface area contributed by atoms with Crippen LogP contribution in [-0.2, 0) is 0 Å². The first-order valence-electron chi connectivity index (χ1n) is 2.56. The van der Waals surface area contributed by atoms with Gasteiger partial charge in [0.05, 0.1) is 0 Å². The molecule has 0 amide bonds. The van der Waals surface area contributed by atoms with E-state index in [1.807, 2.05) is 0 Å². The van der Waals surface area contributed by atoms with Crippen LogP contribution in [0.3, 0.4) is 0 Å². The van der Waals surface area contributed by atoms with Gasteiger partial charge < -0.3 is 0 Å². The SMILES string of the molecule is CN(C)CCC[AsH]. The Morgan fingerprint density at radius 2 is 2.00 bits per heavy atom. The Hall–Kier alpha value is 0.518. The third kappa shape index (κ3) is 6.52. The predicted molar refractivity (Wildman–Crippen MR) is 35.1 cm³/mol. The van der Waals surface area contributed by atoms with E-state index < -0.39 is 0 Å². The first-order valence-corrected chi connectivity index (χ1v) is 4.05. The molecule has 0 aromatic heterocycles. The van der Waals surface area contributed by atoms with Gasteiger partial charge >= 0.3 is 54.0 Å². The molecule has 0 aliphatic carbocycles. The van der Waals surface area contributed by atoms with E-state index >= 15 is 0 Å². The van der Waals surface area contributed by atoms with Gasteiger partial charge in [0, 0.05) is 0 Å². The van der Waals surface area contributed by atoms with Gasteiger partial charge in [0.25, 0.3) is 0 Å². The van der Waals surface area contributed by atoms with Crippen molar-refractivity contribution in [1.29, 1.82) is 0 Å². The van der Waals surface area contributed by atoms with Crippen molar-refractivity contribution in [1.82, 2.24) is 4.90 Å². The Balaban J connectivity index is 2.68. The molecule has 0 fully saturated rings. The molecule has 0 bridgehead atoms. The maximum atomic E-state index is 2.21. The molecule has 0 aliphatic heterocycles. The number of hydrogen-bond donors (Lipinski definition) is 0. The fraction of sp³-hybridized carbons (Fsp3) is 1.00. The molecule has 43 valence electrons. The van der Waals surface area contributed by atoms with Crippen molar-refractivity contribution in [2.24, 2.45) is 0 Å². The summed E-state index contributed by atoms with van der Waals surface area (Å²) in [7, 11) is 4.21. The van der Waals surface area contributed by atoms with E-state index in [0.29, 0.717) is 0 Å². The topological polar surface area (TPSA) is 3.24 Å². The van der Waals surface area contributed by atoms with Crippen LogP contribution in [-0.4, -0.2) is 42.4 Å². The summed E-state index contributed by atoms with van der Waals surface area (Å²) in [6.45, 7) is 1.23. The van der Waals surface area contributed by atoms with Crippen LogP contribution in [0.1, 0.15) is 6.42 Å². The Morgan fingerprint density at radius 3 is 2.14 bits per heavy atom. The van der Waals surface area contributed by atoms with Gasteiger partial charge in [-0.15, -0.1) is 0 Å². The molecule has 0 saturated carbocycles. The van der Waals surface area contributed by atoms with E-state index in [-0.39, 0.29) is 0 Å². The van der Waals surface area contributed by atoms with E-state index in [1.165, 1.54) is 18.2 Å². The molecule has 0 atom stereocenters. The average molecular weight is 162 g/mol. The summed E-state index contributed by atoms with van der Waals surface area (Å²) in [6, 6.07) is 0. The zero-order valence-corrected chi connectivity index (χ0v) is 7.17.